The summed E-state index contributed by atoms with van der Waals surface area (Å²) in [6.45, 7) is 1.84. The second-order valence-electron chi connectivity index (χ2n) is 5.06. The summed E-state index contributed by atoms with van der Waals surface area (Å²) in [7, 11) is 1.57. The highest BCUT2D eigenvalue weighted by Gasteiger charge is 2.17. The van der Waals surface area contributed by atoms with E-state index >= 15 is 0 Å². The van der Waals surface area contributed by atoms with Crippen LogP contribution in [0.25, 0.3) is 11.5 Å². The summed E-state index contributed by atoms with van der Waals surface area (Å²) in [6, 6.07) is 12.3. The van der Waals surface area contributed by atoms with Gasteiger partial charge in [0.2, 0.25) is 5.89 Å². The molecule has 0 atom stereocenters. The first-order valence-electron chi connectivity index (χ1n) is 7.12. The molecule has 24 heavy (non-hydrogen) atoms. The van der Waals surface area contributed by atoms with Crippen molar-refractivity contribution in [3.05, 3.63) is 58.9 Å². The number of anilines is 1. The monoisotopic (exact) mass is 343 g/mol. The number of halogens is 1. The lowest BCUT2D eigenvalue weighted by molar-refractivity contribution is 0.0990. The maximum Gasteiger partial charge on any atom is 0.313 e. The summed E-state index contributed by atoms with van der Waals surface area (Å²) >= 11 is 5.90. The van der Waals surface area contributed by atoms with Gasteiger partial charge in [-0.2, -0.15) is 0 Å². The first-order valence-corrected chi connectivity index (χ1v) is 7.50. The van der Waals surface area contributed by atoms with Crippen LogP contribution in [0, 0.1) is 6.92 Å². The standard InChI is InChI=1S/C17H14ClN3O3/c1-10-8-12(18)6-7-14(10)19-15(22)17-21-20-16(24-17)11-4-3-5-13(9-11)23-2/h3-9H,1-2H3,(H,19,22). The fourth-order valence-corrected chi connectivity index (χ4v) is 2.36. The van der Waals surface area contributed by atoms with E-state index in [2.05, 4.69) is 15.5 Å². The van der Waals surface area contributed by atoms with Gasteiger partial charge in [0, 0.05) is 16.3 Å². The Morgan fingerprint density at radius 2 is 2.04 bits per heavy atom. The number of methoxy groups -OCH3 is 1. The molecule has 0 radical (unpaired) electrons. The lowest BCUT2D eigenvalue weighted by Gasteiger charge is -2.06. The highest BCUT2D eigenvalue weighted by Crippen LogP contribution is 2.24. The molecule has 0 bridgehead atoms. The van der Waals surface area contributed by atoms with E-state index in [4.69, 9.17) is 20.8 Å². The Balaban J connectivity index is 1.80. The summed E-state index contributed by atoms with van der Waals surface area (Å²) in [5.41, 5.74) is 2.14. The first kappa shape index (κ1) is 16.0. The van der Waals surface area contributed by atoms with Gasteiger partial charge in [0.1, 0.15) is 5.75 Å². The van der Waals surface area contributed by atoms with Crippen LogP contribution in [0.3, 0.4) is 0 Å². The molecule has 0 aliphatic heterocycles. The molecule has 0 aliphatic carbocycles. The quantitative estimate of drug-likeness (QED) is 0.775. The average Bonchev–Trinajstić information content (AvgIpc) is 3.07. The van der Waals surface area contributed by atoms with Crippen molar-refractivity contribution in [3.8, 4) is 17.2 Å². The Morgan fingerprint density at radius 3 is 2.79 bits per heavy atom. The SMILES string of the molecule is COc1cccc(-c2nnc(C(=O)Nc3ccc(Cl)cc3C)o2)c1. The molecular formula is C17H14ClN3O3. The van der Waals surface area contributed by atoms with Crippen LogP contribution in [0.1, 0.15) is 16.2 Å². The number of carbonyl (C=O) groups is 1. The molecule has 1 N–H and O–H groups in total. The maximum atomic E-state index is 12.3. The number of hydrogen-bond acceptors (Lipinski definition) is 5. The van der Waals surface area contributed by atoms with Crippen LogP contribution >= 0.6 is 11.6 Å². The highest BCUT2D eigenvalue weighted by molar-refractivity contribution is 6.30. The second kappa shape index (κ2) is 6.72. The summed E-state index contributed by atoms with van der Waals surface area (Å²) in [5, 5.41) is 11.0. The topological polar surface area (TPSA) is 77.2 Å². The van der Waals surface area contributed by atoms with Crippen LogP contribution in [0.5, 0.6) is 5.75 Å². The van der Waals surface area contributed by atoms with Gasteiger partial charge < -0.3 is 14.5 Å². The van der Waals surface area contributed by atoms with Crippen LogP contribution in [-0.4, -0.2) is 23.2 Å². The molecule has 7 heteroatoms. The molecule has 0 aliphatic rings. The summed E-state index contributed by atoms with van der Waals surface area (Å²) in [5.74, 6) is 0.296. The molecule has 0 saturated heterocycles. The van der Waals surface area contributed by atoms with Crippen molar-refractivity contribution >= 4 is 23.2 Å². The van der Waals surface area contributed by atoms with Gasteiger partial charge in [-0.15, -0.1) is 10.2 Å². The van der Waals surface area contributed by atoms with E-state index < -0.39 is 5.91 Å². The number of benzene rings is 2. The highest BCUT2D eigenvalue weighted by atomic mass is 35.5. The number of hydrogen-bond donors (Lipinski definition) is 1. The van der Waals surface area contributed by atoms with Crippen LogP contribution in [0.15, 0.2) is 46.9 Å². The van der Waals surface area contributed by atoms with Crippen molar-refractivity contribution in [2.45, 2.75) is 6.92 Å². The molecule has 3 rings (SSSR count). The Kier molecular flexibility index (Phi) is 4.48. The number of nitrogens with zero attached hydrogens (tertiary/aromatic N) is 2. The third-order valence-electron chi connectivity index (χ3n) is 3.37. The minimum Gasteiger partial charge on any atom is -0.497 e. The molecule has 2 aromatic carbocycles. The first-order chi connectivity index (χ1) is 11.6. The summed E-state index contributed by atoms with van der Waals surface area (Å²) in [6.07, 6.45) is 0. The largest absolute Gasteiger partial charge is 0.497 e. The Labute approximate surface area is 143 Å². The third-order valence-corrected chi connectivity index (χ3v) is 3.61. The van der Waals surface area contributed by atoms with Crippen LogP contribution in [0.4, 0.5) is 5.69 Å². The molecule has 0 fully saturated rings. The molecule has 0 spiro atoms. The van der Waals surface area contributed by atoms with Crippen molar-refractivity contribution in [1.82, 2.24) is 10.2 Å². The fourth-order valence-electron chi connectivity index (χ4n) is 2.13. The van der Waals surface area contributed by atoms with Gasteiger partial charge in [-0.1, -0.05) is 17.7 Å². The molecule has 1 aromatic heterocycles. The molecule has 0 saturated carbocycles. The molecule has 3 aromatic rings. The lowest BCUT2D eigenvalue weighted by Crippen LogP contribution is -2.13. The Hall–Kier alpha value is -2.86. The average molecular weight is 344 g/mol. The number of carbonyl (C=O) groups excluding carboxylic acids is 1. The van der Waals surface area contributed by atoms with Crippen LogP contribution in [0.2, 0.25) is 5.02 Å². The zero-order chi connectivity index (χ0) is 17.1. The van der Waals surface area contributed by atoms with Crippen molar-refractivity contribution in [3.63, 3.8) is 0 Å². The number of aryl methyl sites for hydroxylation is 1. The minimum atomic E-state index is -0.484. The van der Waals surface area contributed by atoms with Crippen molar-refractivity contribution in [2.24, 2.45) is 0 Å². The zero-order valence-corrected chi connectivity index (χ0v) is 13.8. The summed E-state index contributed by atoms with van der Waals surface area (Å²) in [4.78, 5) is 12.3. The third kappa shape index (κ3) is 3.38. The predicted octanol–water partition coefficient (Wildman–Crippen LogP) is 3.96. The molecule has 0 unspecified atom stereocenters. The number of nitrogens with one attached hydrogen (secondary N) is 1. The number of amides is 1. The minimum absolute atomic E-state index is 0.123. The van der Waals surface area contributed by atoms with E-state index in [9.17, 15) is 4.79 Å². The van der Waals surface area contributed by atoms with Crippen molar-refractivity contribution in [1.29, 1.82) is 0 Å². The van der Waals surface area contributed by atoms with Gasteiger partial charge in [-0.25, -0.2) is 0 Å². The van der Waals surface area contributed by atoms with E-state index in [0.29, 0.717) is 22.0 Å². The summed E-state index contributed by atoms with van der Waals surface area (Å²) < 4.78 is 10.6. The van der Waals surface area contributed by atoms with E-state index in [0.717, 1.165) is 5.56 Å². The maximum absolute atomic E-state index is 12.3. The van der Waals surface area contributed by atoms with Crippen molar-refractivity contribution in [2.75, 3.05) is 12.4 Å². The van der Waals surface area contributed by atoms with Crippen molar-refractivity contribution < 1.29 is 13.9 Å². The second-order valence-corrected chi connectivity index (χ2v) is 5.49. The van der Waals surface area contributed by atoms with Gasteiger partial charge in [0.05, 0.1) is 7.11 Å². The number of ether oxygens (including phenoxy) is 1. The Morgan fingerprint density at radius 1 is 1.21 bits per heavy atom. The van der Waals surface area contributed by atoms with Gasteiger partial charge in [0.25, 0.3) is 0 Å². The molecular weight excluding hydrogens is 330 g/mol. The van der Waals surface area contributed by atoms with Gasteiger partial charge in [-0.3, -0.25) is 4.79 Å². The molecule has 122 valence electrons. The van der Waals surface area contributed by atoms with Gasteiger partial charge in [-0.05, 0) is 48.9 Å². The van der Waals surface area contributed by atoms with E-state index in [1.165, 1.54) is 0 Å². The van der Waals surface area contributed by atoms with Gasteiger partial charge in [0.15, 0.2) is 0 Å². The zero-order valence-electron chi connectivity index (χ0n) is 13.0. The normalized spacial score (nSPS) is 10.5. The Bertz CT molecular complexity index is 892. The van der Waals surface area contributed by atoms with Crippen LogP contribution in [-0.2, 0) is 0 Å². The number of rotatable bonds is 4. The lowest BCUT2D eigenvalue weighted by atomic mass is 10.2. The van der Waals surface area contributed by atoms with Crippen LogP contribution < -0.4 is 10.1 Å². The predicted molar refractivity (Wildman–Crippen MR) is 90.4 cm³/mol. The smallest absolute Gasteiger partial charge is 0.313 e. The number of aromatic nitrogens is 2. The molecule has 1 heterocycles. The molecule has 1 amide bonds. The van der Waals surface area contributed by atoms with E-state index in [1.807, 2.05) is 6.92 Å². The molecule has 6 nitrogen and oxygen atoms in total. The fraction of sp³-hybridized carbons (Fsp3) is 0.118. The van der Waals surface area contributed by atoms with E-state index in [1.54, 1.807) is 49.6 Å². The van der Waals surface area contributed by atoms with Gasteiger partial charge >= 0.3 is 11.8 Å². The van der Waals surface area contributed by atoms with E-state index in [-0.39, 0.29) is 11.8 Å².